The van der Waals surface area contributed by atoms with Crippen LogP contribution in [0, 0.1) is 13.8 Å². The maximum atomic E-state index is 12.2. The van der Waals surface area contributed by atoms with Crippen molar-refractivity contribution < 1.29 is 9.53 Å². The van der Waals surface area contributed by atoms with Crippen molar-refractivity contribution in [3.05, 3.63) is 37.9 Å². The van der Waals surface area contributed by atoms with E-state index in [0.717, 1.165) is 26.9 Å². The number of Topliss-reactive ketones (excluding diaryl/α,β-unsaturated/α-hetero) is 1. The summed E-state index contributed by atoms with van der Waals surface area (Å²) in [6.07, 6.45) is 0. The summed E-state index contributed by atoms with van der Waals surface area (Å²) < 4.78 is 6.38. The van der Waals surface area contributed by atoms with Crippen LogP contribution in [0.5, 0.6) is 5.75 Å². The highest BCUT2D eigenvalue weighted by Crippen LogP contribution is 2.36. The first-order chi connectivity index (χ1) is 11.3. The van der Waals surface area contributed by atoms with Crippen LogP contribution in [0.15, 0.2) is 10.5 Å². The van der Waals surface area contributed by atoms with E-state index in [1.165, 1.54) is 0 Å². The van der Waals surface area contributed by atoms with Gasteiger partial charge in [0.25, 0.3) is 0 Å². The van der Waals surface area contributed by atoms with Gasteiger partial charge in [0.2, 0.25) is 5.95 Å². The summed E-state index contributed by atoms with van der Waals surface area (Å²) in [5.74, 6) is 1.28. The topological polar surface area (TPSA) is 81.3 Å². The number of anilines is 2. The van der Waals surface area contributed by atoms with E-state index in [9.17, 15) is 4.79 Å². The van der Waals surface area contributed by atoms with E-state index in [1.54, 1.807) is 7.11 Å². The van der Waals surface area contributed by atoms with Gasteiger partial charge in [-0.05, 0) is 31.0 Å². The molecule has 0 saturated carbocycles. The molecule has 1 aliphatic rings. The molecule has 2 aromatic rings. The van der Waals surface area contributed by atoms with Gasteiger partial charge in [0.05, 0.1) is 19.2 Å². The fourth-order valence-electron chi connectivity index (χ4n) is 3.03. The molecule has 3 rings (SSSR count). The van der Waals surface area contributed by atoms with Crippen molar-refractivity contribution in [2.75, 3.05) is 24.3 Å². The lowest BCUT2D eigenvalue weighted by atomic mass is 10.1. The highest BCUT2D eigenvalue weighted by atomic mass is 79.9. The zero-order chi connectivity index (χ0) is 17.6. The molecule has 0 atom stereocenters. The lowest BCUT2D eigenvalue weighted by Gasteiger charge is -2.21. The van der Waals surface area contributed by atoms with Gasteiger partial charge in [-0.1, -0.05) is 27.5 Å². The molecule has 0 aliphatic carbocycles. The van der Waals surface area contributed by atoms with Crippen molar-refractivity contribution in [3.8, 4) is 5.75 Å². The van der Waals surface area contributed by atoms with Crippen LogP contribution in [-0.2, 0) is 6.54 Å². The maximum absolute atomic E-state index is 12.2. The highest BCUT2D eigenvalue weighted by Gasteiger charge is 2.32. The molecular weight excluding hydrogens is 396 g/mol. The molecule has 0 radical (unpaired) electrons. The van der Waals surface area contributed by atoms with Crippen molar-refractivity contribution in [3.63, 3.8) is 0 Å². The molecule has 1 aromatic carbocycles. The lowest BCUT2D eigenvalue weighted by molar-refractivity contribution is 0.101. The number of ketones is 1. The van der Waals surface area contributed by atoms with Crippen LogP contribution in [-0.4, -0.2) is 29.4 Å². The molecule has 8 heteroatoms. The van der Waals surface area contributed by atoms with Gasteiger partial charge < -0.3 is 15.4 Å². The molecule has 0 spiro atoms. The van der Waals surface area contributed by atoms with E-state index in [1.807, 2.05) is 24.8 Å². The number of carbonyl (C=O) groups excluding carboxylic acids is 1. The Morgan fingerprint density at radius 3 is 2.79 bits per heavy atom. The third-order valence-electron chi connectivity index (χ3n) is 4.04. The summed E-state index contributed by atoms with van der Waals surface area (Å²) in [5.41, 5.74) is 9.08. The van der Waals surface area contributed by atoms with Gasteiger partial charge in [0, 0.05) is 16.6 Å². The molecule has 0 saturated heterocycles. The second-order valence-electron chi connectivity index (χ2n) is 5.68. The Labute approximate surface area is 153 Å². The highest BCUT2D eigenvalue weighted by molar-refractivity contribution is 9.10. The number of benzene rings is 1. The molecule has 0 amide bonds. The first-order valence-electron chi connectivity index (χ1n) is 7.27. The minimum absolute atomic E-state index is 0.0552. The lowest BCUT2D eigenvalue weighted by Crippen LogP contribution is -2.23. The third-order valence-corrected chi connectivity index (χ3v) is 5.42. The van der Waals surface area contributed by atoms with E-state index >= 15 is 0 Å². The van der Waals surface area contributed by atoms with Crippen LogP contribution < -0.4 is 15.4 Å². The quantitative estimate of drug-likeness (QED) is 0.781. The second kappa shape index (κ2) is 6.22. The van der Waals surface area contributed by atoms with E-state index in [4.69, 9.17) is 22.1 Å². The normalized spacial score (nSPS) is 13.4. The fraction of sp³-hybridized carbons (Fsp3) is 0.312. The average molecular weight is 412 g/mol. The van der Waals surface area contributed by atoms with E-state index in [0.29, 0.717) is 17.9 Å². The Morgan fingerprint density at radius 1 is 1.42 bits per heavy atom. The van der Waals surface area contributed by atoms with E-state index < -0.39 is 0 Å². The molecule has 1 aliphatic heterocycles. The number of hydrogen-bond donors (Lipinski definition) is 1. The van der Waals surface area contributed by atoms with Gasteiger partial charge in [-0.2, -0.15) is 4.98 Å². The van der Waals surface area contributed by atoms with Crippen LogP contribution >= 0.6 is 27.5 Å². The SMILES string of the molecule is COc1c(C)cc(CN2CC(=O)c3c(Cl)nc(N)nc32)c(Br)c1C. The Morgan fingerprint density at radius 2 is 2.12 bits per heavy atom. The van der Waals surface area contributed by atoms with E-state index in [2.05, 4.69) is 25.9 Å². The number of nitrogens with zero attached hydrogens (tertiary/aromatic N) is 3. The summed E-state index contributed by atoms with van der Waals surface area (Å²) in [6, 6.07) is 2.03. The Kier molecular flexibility index (Phi) is 4.40. The summed E-state index contributed by atoms with van der Waals surface area (Å²) in [5, 5.41) is 0.103. The molecule has 0 unspecified atom stereocenters. The number of methoxy groups -OCH3 is 1. The smallest absolute Gasteiger partial charge is 0.223 e. The Balaban J connectivity index is 2.02. The van der Waals surface area contributed by atoms with Gasteiger partial charge in [-0.25, -0.2) is 4.98 Å². The monoisotopic (exact) mass is 410 g/mol. The number of halogens is 2. The zero-order valence-corrected chi connectivity index (χ0v) is 15.8. The van der Waals surface area contributed by atoms with Crippen molar-refractivity contribution in [1.29, 1.82) is 0 Å². The van der Waals surface area contributed by atoms with Gasteiger partial charge in [-0.15, -0.1) is 0 Å². The number of rotatable bonds is 3. The molecule has 0 bridgehead atoms. The van der Waals surface area contributed by atoms with Crippen LogP contribution in [0.4, 0.5) is 11.8 Å². The number of nitrogen functional groups attached to an aromatic ring is 1. The second-order valence-corrected chi connectivity index (χ2v) is 6.83. The minimum atomic E-state index is -0.104. The first-order valence-corrected chi connectivity index (χ1v) is 8.44. The number of nitrogens with two attached hydrogens (primary N) is 1. The van der Waals surface area contributed by atoms with Crippen LogP contribution in [0.25, 0.3) is 0 Å². The maximum Gasteiger partial charge on any atom is 0.223 e. The van der Waals surface area contributed by atoms with Crippen molar-refractivity contribution in [1.82, 2.24) is 9.97 Å². The van der Waals surface area contributed by atoms with Crippen LogP contribution in [0.3, 0.4) is 0 Å². The summed E-state index contributed by atoms with van der Waals surface area (Å²) in [7, 11) is 1.65. The van der Waals surface area contributed by atoms with Crippen LogP contribution in [0.1, 0.15) is 27.0 Å². The number of aromatic nitrogens is 2. The molecule has 0 fully saturated rings. The summed E-state index contributed by atoms with van der Waals surface area (Å²) >= 11 is 9.68. The van der Waals surface area contributed by atoms with Gasteiger partial charge >= 0.3 is 0 Å². The third kappa shape index (κ3) is 2.71. The minimum Gasteiger partial charge on any atom is -0.496 e. The molecular formula is C16H16BrClN4O2. The first kappa shape index (κ1) is 17.0. The van der Waals surface area contributed by atoms with Gasteiger partial charge in [0.15, 0.2) is 5.78 Å². The van der Waals surface area contributed by atoms with Crippen molar-refractivity contribution in [2.45, 2.75) is 20.4 Å². The molecule has 6 nitrogen and oxygen atoms in total. The number of ether oxygens (including phenoxy) is 1. The Bertz CT molecular complexity index is 857. The number of carbonyl (C=O) groups is 1. The molecule has 24 heavy (non-hydrogen) atoms. The standard InChI is InChI=1S/C16H16BrClN4O2/c1-7-4-9(12(17)8(2)13(7)24-3)5-22-6-10(23)11-14(18)20-16(19)21-15(11)22/h4H,5-6H2,1-3H3,(H2,19,20,21). The predicted molar refractivity (Wildman–Crippen MR) is 97.0 cm³/mol. The molecule has 126 valence electrons. The number of hydrogen-bond acceptors (Lipinski definition) is 6. The Hall–Kier alpha value is -1.86. The summed E-state index contributed by atoms with van der Waals surface area (Å²) in [4.78, 5) is 22.2. The largest absolute Gasteiger partial charge is 0.496 e. The average Bonchev–Trinajstić information content (AvgIpc) is 2.81. The zero-order valence-electron chi connectivity index (χ0n) is 13.5. The van der Waals surface area contributed by atoms with E-state index in [-0.39, 0.29) is 23.4 Å². The molecule has 2 N–H and O–H groups in total. The fourth-order valence-corrected chi connectivity index (χ4v) is 3.72. The molecule has 2 heterocycles. The van der Waals surface area contributed by atoms with Gasteiger partial charge in [0.1, 0.15) is 16.7 Å². The number of fused-ring (bicyclic) bond motifs is 1. The molecule has 1 aromatic heterocycles. The van der Waals surface area contributed by atoms with Crippen molar-refractivity contribution >= 4 is 45.1 Å². The van der Waals surface area contributed by atoms with Gasteiger partial charge in [-0.3, -0.25) is 4.79 Å². The summed E-state index contributed by atoms with van der Waals surface area (Å²) in [6.45, 7) is 4.67. The van der Waals surface area contributed by atoms with Crippen LogP contribution in [0.2, 0.25) is 5.15 Å². The number of aryl methyl sites for hydroxylation is 1. The van der Waals surface area contributed by atoms with Crippen molar-refractivity contribution in [2.24, 2.45) is 0 Å². The predicted octanol–water partition coefficient (Wildman–Crippen LogP) is 3.30.